The van der Waals surface area contributed by atoms with Crippen LogP contribution in [-0.4, -0.2) is 41.7 Å². The number of rotatable bonds is 3. The number of nitrogens with one attached hydrogen (secondary N) is 2. The van der Waals surface area contributed by atoms with E-state index in [4.69, 9.17) is 4.74 Å². The van der Waals surface area contributed by atoms with Crippen LogP contribution in [0.3, 0.4) is 0 Å². The lowest BCUT2D eigenvalue weighted by Crippen LogP contribution is -2.40. The molecule has 1 aromatic carbocycles. The van der Waals surface area contributed by atoms with Crippen LogP contribution in [0.15, 0.2) is 30.5 Å². The minimum atomic E-state index is -0.131. The molecule has 1 unspecified atom stereocenters. The van der Waals surface area contributed by atoms with Gasteiger partial charge in [0.15, 0.2) is 0 Å². The second kappa shape index (κ2) is 5.94. The van der Waals surface area contributed by atoms with Gasteiger partial charge in [-0.25, -0.2) is 9.97 Å². The van der Waals surface area contributed by atoms with E-state index in [0.717, 1.165) is 17.4 Å². The van der Waals surface area contributed by atoms with Gasteiger partial charge in [-0.1, -0.05) is 18.2 Å². The molecule has 104 valence electrons. The Hall–Kier alpha value is -2.05. The van der Waals surface area contributed by atoms with Crippen molar-refractivity contribution in [2.75, 3.05) is 25.0 Å². The third-order valence-electron chi connectivity index (χ3n) is 3.16. The summed E-state index contributed by atoms with van der Waals surface area (Å²) >= 11 is 0. The number of anilines is 1. The number of hydrogen-bond acceptors (Lipinski definition) is 5. The summed E-state index contributed by atoms with van der Waals surface area (Å²) in [6.07, 6.45) is 1.93. The maximum atomic E-state index is 11.9. The Balaban J connectivity index is 1.64. The summed E-state index contributed by atoms with van der Waals surface area (Å²) in [7, 11) is 0. The molecule has 1 amide bonds. The molecule has 6 heteroatoms. The molecule has 20 heavy (non-hydrogen) atoms. The topological polar surface area (TPSA) is 76.1 Å². The van der Waals surface area contributed by atoms with Crippen LogP contribution < -0.4 is 10.6 Å². The molecule has 2 aromatic rings. The first kappa shape index (κ1) is 13.0. The molecule has 0 radical (unpaired) electrons. The van der Waals surface area contributed by atoms with Gasteiger partial charge in [-0.15, -0.1) is 0 Å². The number of aromatic nitrogens is 2. The molecule has 6 nitrogen and oxygen atoms in total. The van der Waals surface area contributed by atoms with Crippen molar-refractivity contribution in [1.82, 2.24) is 15.3 Å². The number of para-hydroxylation sites is 1. The minimum absolute atomic E-state index is 0.0794. The van der Waals surface area contributed by atoms with Crippen molar-refractivity contribution in [1.29, 1.82) is 0 Å². The zero-order valence-corrected chi connectivity index (χ0v) is 11.0. The van der Waals surface area contributed by atoms with Gasteiger partial charge < -0.3 is 10.1 Å². The summed E-state index contributed by atoms with van der Waals surface area (Å²) < 4.78 is 5.49. The number of ether oxygens (including phenoxy) is 1. The Morgan fingerprint density at radius 2 is 2.35 bits per heavy atom. The van der Waals surface area contributed by atoms with Crippen molar-refractivity contribution in [3.05, 3.63) is 30.5 Å². The zero-order valence-electron chi connectivity index (χ0n) is 11.0. The Morgan fingerprint density at radius 1 is 1.45 bits per heavy atom. The van der Waals surface area contributed by atoms with Gasteiger partial charge in [0.05, 0.1) is 24.6 Å². The highest BCUT2D eigenvalue weighted by atomic mass is 16.5. The largest absolute Gasteiger partial charge is 0.375 e. The second-order valence-corrected chi connectivity index (χ2v) is 4.70. The van der Waals surface area contributed by atoms with E-state index in [1.165, 1.54) is 0 Å². The molecule has 0 spiro atoms. The highest BCUT2D eigenvalue weighted by molar-refractivity contribution is 5.90. The fraction of sp³-hybridized carbons (Fsp3) is 0.357. The fourth-order valence-electron chi connectivity index (χ4n) is 2.17. The smallest absolute Gasteiger partial charge is 0.229 e. The normalized spacial score (nSPS) is 18.9. The van der Waals surface area contributed by atoms with Gasteiger partial charge in [0.2, 0.25) is 11.9 Å². The highest BCUT2D eigenvalue weighted by Gasteiger charge is 2.17. The van der Waals surface area contributed by atoms with E-state index in [1.54, 1.807) is 6.20 Å². The predicted molar refractivity (Wildman–Crippen MR) is 75.4 cm³/mol. The molecule has 1 saturated heterocycles. The van der Waals surface area contributed by atoms with Gasteiger partial charge in [0, 0.05) is 24.7 Å². The standard InChI is InChI=1S/C14H16N4O2/c19-13(7-11-9-15-5-6-20-11)18-14-16-8-10-3-1-2-4-12(10)17-14/h1-4,8,11,15H,5-7,9H2,(H,16,17,18,19). The fourth-order valence-corrected chi connectivity index (χ4v) is 2.17. The minimum Gasteiger partial charge on any atom is -0.375 e. The van der Waals surface area contributed by atoms with E-state index in [0.29, 0.717) is 25.5 Å². The van der Waals surface area contributed by atoms with Crippen LogP contribution in [-0.2, 0) is 9.53 Å². The van der Waals surface area contributed by atoms with Crippen LogP contribution in [0, 0.1) is 0 Å². The quantitative estimate of drug-likeness (QED) is 0.870. The monoisotopic (exact) mass is 272 g/mol. The van der Waals surface area contributed by atoms with E-state index in [-0.39, 0.29) is 12.0 Å². The molecule has 1 fully saturated rings. The summed E-state index contributed by atoms with van der Waals surface area (Å²) in [4.78, 5) is 20.4. The number of hydrogen-bond donors (Lipinski definition) is 2. The van der Waals surface area contributed by atoms with Crippen LogP contribution >= 0.6 is 0 Å². The van der Waals surface area contributed by atoms with Crippen LogP contribution in [0.4, 0.5) is 5.95 Å². The first-order valence-corrected chi connectivity index (χ1v) is 6.65. The number of nitrogens with zero attached hydrogens (tertiary/aromatic N) is 2. The molecule has 3 rings (SSSR count). The number of morpholine rings is 1. The molecule has 1 aliphatic heterocycles. The van der Waals surface area contributed by atoms with Gasteiger partial charge in [-0.2, -0.15) is 0 Å². The van der Waals surface area contributed by atoms with Gasteiger partial charge in [-0.05, 0) is 6.07 Å². The van der Waals surface area contributed by atoms with Gasteiger partial charge in [0.1, 0.15) is 0 Å². The third kappa shape index (κ3) is 3.09. The zero-order chi connectivity index (χ0) is 13.8. The average Bonchev–Trinajstić information content (AvgIpc) is 2.48. The van der Waals surface area contributed by atoms with E-state index >= 15 is 0 Å². The number of benzene rings is 1. The Morgan fingerprint density at radius 3 is 3.20 bits per heavy atom. The van der Waals surface area contributed by atoms with Crippen molar-refractivity contribution < 1.29 is 9.53 Å². The Bertz CT molecular complexity index is 611. The van der Waals surface area contributed by atoms with Gasteiger partial charge >= 0.3 is 0 Å². The van der Waals surface area contributed by atoms with Crippen LogP contribution in [0.1, 0.15) is 6.42 Å². The van der Waals surface area contributed by atoms with Crippen LogP contribution in [0.5, 0.6) is 0 Å². The first-order valence-electron chi connectivity index (χ1n) is 6.65. The van der Waals surface area contributed by atoms with Crippen molar-refractivity contribution in [3.63, 3.8) is 0 Å². The molecule has 0 bridgehead atoms. The number of carbonyl (C=O) groups excluding carboxylic acids is 1. The van der Waals surface area contributed by atoms with Crippen molar-refractivity contribution in [2.45, 2.75) is 12.5 Å². The summed E-state index contributed by atoms with van der Waals surface area (Å²) in [5.41, 5.74) is 0.813. The number of fused-ring (bicyclic) bond motifs is 1. The van der Waals surface area contributed by atoms with E-state index in [2.05, 4.69) is 20.6 Å². The molecule has 0 saturated carbocycles. The van der Waals surface area contributed by atoms with Gasteiger partial charge in [0.25, 0.3) is 0 Å². The number of amides is 1. The van der Waals surface area contributed by atoms with E-state index in [9.17, 15) is 4.79 Å². The van der Waals surface area contributed by atoms with Crippen LogP contribution in [0.2, 0.25) is 0 Å². The third-order valence-corrected chi connectivity index (χ3v) is 3.16. The van der Waals surface area contributed by atoms with Gasteiger partial charge in [-0.3, -0.25) is 10.1 Å². The predicted octanol–water partition coefficient (Wildman–Crippen LogP) is 0.947. The molecule has 2 N–H and O–H groups in total. The highest BCUT2D eigenvalue weighted by Crippen LogP contribution is 2.12. The SMILES string of the molecule is O=C(CC1CNCCO1)Nc1ncc2ccccc2n1. The average molecular weight is 272 g/mol. The van der Waals surface area contributed by atoms with Crippen molar-refractivity contribution >= 4 is 22.8 Å². The lowest BCUT2D eigenvalue weighted by Gasteiger charge is -2.22. The van der Waals surface area contributed by atoms with Crippen molar-refractivity contribution in [3.8, 4) is 0 Å². The number of carbonyl (C=O) groups is 1. The van der Waals surface area contributed by atoms with Crippen LogP contribution in [0.25, 0.3) is 10.9 Å². The maximum absolute atomic E-state index is 11.9. The summed E-state index contributed by atoms with van der Waals surface area (Å²) in [6, 6.07) is 7.66. The Labute approximate surface area is 116 Å². The first-order chi connectivity index (χ1) is 9.81. The molecule has 1 aromatic heterocycles. The molecular formula is C14H16N4O2. The molecule has 1 aliphatic rings. The summed E-state index contributed by atoms with van der Waals surface area (Å²) in [5, 5.41) is 6.85. The molecule has 0 aliphatic carbocycles. The molecular weight excluding hydrogens is 256 g/mol. The lowest BCUT2D eigenvalue weighted by molar-refractivity contribution is -0.119. The van der Waals surface area contributed by atoms with E-state index < -0.39 is 0 Å². The lowest BCUT2D eigenvalue weighted by atomic mass is 10.2. The molecule has 1 atom stereocenters. The maximum Gasteiger partial charge on any atom is 0.229 e. The second-order valence-electron chi connectivity index (χ2n) is 4.70. The van der Waals surface area contributed by atoms with E-state index in [1.807, 2.05) is 24.3 Å². The summed E-state index contributed by atoms with van der Waals surface area (Å²) in [6.45, 7) is 2.18. The Kier molecular flexibility index (Phi) is 3.85. The van der Waals surface area contributed by atoms with Crippen molar-refractivity contribution in [2.24, 2.45) is 0 Å². The summed E-state index contributed by atoms with van der Waals surface area (Å²) in [5.74, 6) is 0.200. The molecule has 2 heterocycles.